The summed E-state index contributed by atoms with van der Waals surface area (Å²) in [7, 11) is 1.39. The molecule has 29 heavy (non-hydrogen) atoms. The van der Waals surface area contributed by atoms with Gasteiger partial charge in [0.05, 0.1) is 18.5 Å². The lowest BCUT2D eigenvalue weighted by molar-refractivity contribution is -0.140. The minimum Gasteiger partial charge on any atom is -0.469 e. The van der Waals surface area contributed by atoms with Crippen molar-refractivity contribution in [3.63, 3.8) is 0 Å². The molecule has 0 radical (unpaired) electrons. The number of nitrogens with one attached hydrogen (secondary N) is 1. The number of esters is 1. The lowest BCUT2D eigenvalue weighted by Crippen LogP contribution is -2.12. The van der Waals surface area contributed by atoms with Crippen LogP contribution in [0.2, 0.25) is 5.02 Å². The maximum absolute atomic E-state index is 12.4. The van der Waals surface area contributed by atoms with Crippen LogP contribution in [0.4, 0.5) is 5.69 Å². The molecule has 0 saturated carbocycles. The highest BCUT2D eigenvalue weighted by Crippen LogP contribution is 2.20. The number of anilines is 1. The normalized spacial score (nSPS) is 10.6. The van der Waals surface area contributed by atoms with Gasteiger partial charge in [0.15, 0.2) is 0 Å². The average Bonchev–Trinajstić information content (AvgIpc) is 3.01. The van der Waals surface area contributed by atoms with E-state index in [0.717, 1.165) is 22.6 Å². The SMILES string of the molecule is COC(=O)CCc1c(C)nn(-c2ccc(C(=O)Nc3ccc(Cl)cc3)cc2)c1C. The minimum absolute atomic E-state index is 0.203. The Morgan fingerprint density at radius 1 is 1.07 bits per heavy atom. The monoisotopic (exact) mass is 411 g/mol. The first-order valence-corrected chi connectivity index (χ1v) is 9.56. The number of amides is 1. The van der Waals surface area contributed by atoms with E-state index in [4.69, 9.17) is 16.3 Å². The second-order valence-corrected chi connectivity index (χ2v) is 7.08. The van der Waals surface area contributed by atoms with Crippen LogP contribution in [0.25, 0.3) is 5.69 Å². The molecule has 0 unspecified atom stereocenters. The van der Waals surface area contributed by atoms with Gasteiger partial charge in [-0.1, -0.05) is 11.6 Å². The van der Waals surface area contributed by atoms with Crippen molar-refractivity contribution in [3.05, 3.63) is 76.1 Å². The van der Waals surface area contributed by atoms with Crippen molar-refractivity contribution in [2.75, 3.05) is 12.4 Å². The molecule has 1 amide bonds. The van der Waals surface area contributed by atoms with Crippen LogP contribution in [-0.2, 0) is 16.0 Å². The van der Waals surface area contributed by atoms with Crippen LogP contribution >= 0.6 is 11.6 Å². The molecule has 3 rings (SSSR count). The van der Waals surface area contributed by atoms with Crippen LogP contribution in [0.3, 0.4) is 0 Å². The molecule has 0 aliphatic rings. The molecule has 0 fully saturated rings. The van der Waals surface area contributed by atoms with Gasteiger partial charge in [-0.15, -0.1) is 0 Å². The number of halogens is 1. The molecule has 1 aromatic heterocycles. The van der Waals surface area contributed by atoms with E-state index < -0.39 is 0 Å². The number of hydrogen-bond acceptors (Lipinski definition) is 4. The second-order valence-electron chi connectivity index (χ2n) is 6.65. The maximum atomic E-state index is 12.4. The number of hydrogen-bond donors (Lipinski definition) is 1. The quantitative estimate of drug-likeness (QED) is 0.606. The van der Waals surface area contributed by atoms with Crippen LogP contribution < -0.4 is 5.32 Å². The zero-order valence-corrected chi connectivity index (χ0v) is 17.3. The number of methoxy groups -OCH3 is 1. The van der Waals surface area contributed by atoms with Crippen molar-refractivity contribution in [1.82, 2.24) is 9.78 Å². The molecule has 0 atom stereocenters. The number of aromatic nitrogens is 2. The molecule has 0 bridgehead atoms. The molecule has 7 heteroatoms. The summed E-state index contributed by atoms with van der Waals surface area (Å²) in [6, 6.07) is 14.2. The molecule has 0 spiro atoms. The largest absolute Gasteiger partial charge is 0.469 e. The predicted molar refractivity (Wildman–Crippen MR) is 113 cm³/mol. The van der Waals surface area contributed by atoms with E-state index in [9.17, 15) is 9.59 Å². The molecule has 0 saturated heterocycles. The van der Waals surface area contributed by atoms with Crippen molar-refractivity contribution in [2.45, 2.75) is 26.7 Å². The molecule has 150 valence electrons. The van der Waals surface area contributed by atoms with Crippen molar-refractivity contribution in [1.29, 1.82) is 0 Å². The Bertz CT molecular complexity index is 1020. The van der Waals surface area contributed by atoms with Gasteiger partial charge >= 0.3 is 5.97 Å². The Morgan fingerprint density at radius 2 is 1.72 bits per heavy atom. The zero-order chi connectivity index (χ0) is 21.0. The van der Waals surface area contributed by atoms with Gasteiger partial charge in [0, 0.05) is 28.4 Å². The fourth-order valence-electron chi connectivity index (χ4n) is 3.11. The lowest BCUT2D eigenvalue weighted by atomic mass is 10.1. The Kier molecular flexibility index (Phi) is 6.34. The summed E-state index contributed by atoms with van der Waals surface area (Å²) in [4.78, 5) is 23.9. The molecule has 0 aliphatic heterocycles. The van der Waals surface area contributed by atoms with E-state index in [-0.39, 0.29) is 11.9 Å². The standard InChI is InChI=1S/C22H22ClN3O3/c1-14-20(12-13-21(27)29-3)15(2)26(25-14)19-10-4-16(5-11-19)22(28)24-18-8-6-17(23)7-9-18/h4-11H,12-13H2,1-3H3,(H,24,28). The molecule has 3 aromatic rings. The Labute approximate surface area is 174 Å². The van der Waals surface area contributed by atoms with E-state index in [1.807, 2.05) is 30.7 Å². The maximum Gasteiger partial charge on any atom is 0.305 e. The third-order valence-electron chi connectivity index (χ3n) is 4.72. The molecular formula is C22H22ClN3O3. The summed E-state index contributed by atoms with van der Waals surface area (Å²) in [6.07, 6.45) is 0.888. The number of carbonyl (C=O) groups is 2. The Balaban J connectivity index is 1.75. The minimum atomic E-state index is -0.243. The Hall–Kier alpha value is -3.12. The van der Waals surface area contributed by atoms with Gasteiger partial charge in [-0.2, -0.15) is 5.10 Å². The van der Waals surface area contributed by atoms with E-state index in [0.29, 0.717) is 29.1 Å². The summed E-state index contributed by atoms with van der Waals surface area (Å²) < 4.78 is 6.54. The molecule has 1 N–H and O–H groups in total. The van der Waals surface area contributed by atoms with Gasteiger partial charge < -0.3 is 10.1 Å². The van der Waals surface area contributed by atoms with Crippen molar-refractivity contribution in [2.24, 2.45) is 0 Å². The van der Waals surface area contributed by atoms with Crippen LogP contribution in [-0.4, -0.2) is 28.8 Å². The third-order valence-corrected chi connectivity index (χ3v) is 4.98. The van der Waals surface area contributed by atoms with E-state index in [1.54, 1.807) is 36.4 Å². The van der Waals surface area contributed by atoms with Gasteiger partial charge in [-0.05, 0) is 74.4 Å². The third kappa shape index (κ3) is 4.84. The van der Waals surface area contributed by atoms with Gasteiger partial charge in [0.1, 0.15) is 0 Å². The van der Waals surface area contributed by atoms with E-state index >= 15 is 0 Å². The first-order chi connectivity index (χ1) is 13.9. The molecular weight excluding hydrogens is 390 g/mol. The highest BCUT2D eigenvalue weighted by Gasteiger charge is 2.15. The lowest BCUT2D eigenvalue weighted by Gasteiger charge is -2.08. The summed E-state index contributed by atoms with van der Waals surface area (Å²) in [5.74, 6) is -0.446. The van der Waals surface area contributed by atoms with Crippen molar-refractivity contribution >= 4 is 29.2 Å². The fourth-order valence-corrected chi connectivity index (χ4v) is 3.23. The number of carbonyl (C=O) groups excluding carboxylic acids is 2. The van der Waals surface area contributed by atoms with Crippen molar-refractivity contribution in [3.8, 4) is 5.69 Å². The number of benzene rings is 2. The smallest absolute Gasteiger partial charge is 0.305 e. The first-order valence-electron chi connectivity index (χ1n) is 9.18. The number of aryl methyl sites for hydroxylation is 1. The molecule has 2 aromatic carbocycles. The summed E-state index contributed by atoms with van der Waals surface area (Å²) >= 11 is 5.87. The summed E-state index contributed by atoms with van der Waals surface area (Å²) in [6.45, 7) is 3.89. The number of ether oxygens (including phenoxy) is 1. The average molecular weight is 412 g/mol. The van der Waals surface area contributed by atoms with Crippen LogP contribution in [0.1, 0.15) is 33.7 Å². The summed E-state index contributed by atoms with van der Waals surface area (Å²) in [5, 5.41) is 8.04. The zero-order valence-electron chi connectivity index (χ0n) is 16.5. The topological polar surface area (TPSA) is 73.2 Å². The van der Waals surface area contributed by atoms with Crippen LogP contribution in [0.15, 0.2) is 48.5 Å². The van der Waals surface area contributed by atoms with Gasteiger partial charge in [0.2, 0.25) is 0 Å². The highest BCUT2D eigenvalue weighted by molar-refractivity contribution is 6.30. The molecule has 0 aliphatic carbocycles. The van der Waals surface area contributed by atoms with E-state index in [2.05, 4.69) is 10.4 Å². The first kappa shape index (κ1) is 20.6. The summed E-state index contributed by atoms with van der Waals surface area (Å²) in [5.41, 5.74) is 4.92. The fraction of sp³-hybridized carbons (Fsp3) is 0.227. The number of rotatable bonds is 6. The Morgan fingerprint density at radius 3 is 2.34 bits per heavy atom. The van der Waals surface area contributed by atoms with E-state index in [1.165, 1.54) is 7.11 Å². The van der Waals surface area contributed by atoms with Gasteiger partial charge in [-0.3, -0.25) is 9.59 Å². The van der Waals surface area contributed by atoms with Crippen LogP contribution in [0.5, 0.6) is 0 Å². The highest BCUT2D eigenvalue weighted by atomic mass is 35.5. The van der Waals surface area contributed by atoms with Gasteiger partial charge in [0.25, 0.3) is 5.91 Å². The molecule has 1 heterocycles. The van der Waals surface area contributed by atoms with Gasteiger partial charge in [-0.25, -0.2) is 4.68 Å². The number of nitrogens with zero attached hydrogens (tertiary/aromatic N) is 2. The van der Waals surface area contributed by atoms with Crippen molar-refractivity contribution < 1.29 is 14.3 Å². The van der Waals surface area contributed by atoms with Crippen LogP contribution in [0, 0.1) is 13.8 Å². The second kappa shape index (κ2) is 8.92. The predicted octanol–water partition coefficient (Wildman–Crippen LogP) is 4.50. The molecule has 6 nitrogen and oxygen atoms in total.